The summed E-state index contributed by atoms with van der Waals surface area (Å²) in [6.07, 6.45) is 1.18. The molecule has 3 N–H and O–H groups in total. The molecular weight excluding hydrogens is 256 g/mol. The fourth-order valence-electron chi connectivity index (χ4n) is 1.86. The summed E-state index contributed by atoms with van der Waals surface area (Å²) in [6.45, 7) is 5.62. The molecule has 5 nitrogen and oxygen atoms in total. The van der Waals surface area contributed by atoms with Gasteiger partial charge in [-0.2, -0.15) is 0 Å². The van der Waals surface area contributed by atoms with E-state index in [2.05, 4.69) is 5.32 Å². The molecule has 1 amide bonds. The third kappa shape index (κ3) is 5.40. The standard InChI is InChI=1S/C15H22N2O3/c1-3-20-14(18)5-4-8-17-10-13-7-6-12(15(16)19)9-11(13)2/h6-7,9,17H,3-5,8,10H2,1-2H3,(H2,16,19). The molecule has 0 fully saturated rings. The van der Waals surface area contributed by atoms with E-state index in [0.717, 1.165) is 24.1 Å². The number of nitrogens with two attached hydrogens (primary N) is 1. The number of rotatable bonds is 8. The molecule has 0 aliphatic heterocycles. The molecule has 0 spiro atoms. The number of amides is 1. The molecule has 5 heteroatoms. The van der Waals surface area contributed by atoms with E-state index in [4.69, 9.17) is 10.5 Å². The van der Waals surface area contributed by atoms with Crippen molar-refractivity contribution in [3.63, 3.8) is 0 Å². The summed E-state index contributed by atoms with van der Waals surface area (Å²) in [5.74, 6) is -0.571. The van der Waals surface area contributed by atoms with Crippen molar-refractivity contribution in [2.24, 2.45) is 5.73 Å². The first kappa shape index (κ1) is 16.2. The lowest BCUT2D eigenvalue weighted by atomic mass is 10.0. The third-order valence-electron chi connectivity index (χ3n) is 2.98. The minimum Gasteiger partial charge on any atom is -0.466 e. The van der Waals surface area contributed by atoms with Crippen molar-refractivity contribution < 1.29 is 14.3 Å². The van der Waals surface area contributed by atoms with E-state index in [1.807, 2.05) is 13.0 Å². The highest BCUT2D eigenvalue weighted by Crippen LogP contribution is 2.10. The predicted molar refractivity (Wildman–Crippen MR) is 77.3 cm³/mol. The quantitative estimate of drug-likeness (QED) is 0.558. The van der Waals surface area contributed by atoms with Crippen LogP contribution in [0.3, 0.4) is 0 Å². The number of esters is 1. The Balaban J connectivity index is 2.32. The Morgan fingerprint density at radius 2 is 2.10 bits per heavy atom. The van der Waals surface area contributed by atoms with E-state index < -0.39 is 5.91 Å². The topological polar surface area (TPSA) is 81.4 Å². The number of ether oxygens (including phenoxy) is 1. The van der Waals surface area contributed by atoms with Gasteiger partial charge in [-0.05, 0) is 50.1 Å². The number of benzene rings is 1. The zero-order valence-electron chi connectivity index (χ0n) is 12.1. The fourth-order valence-corrected chi connectivity index (χ4v) is 1.86. The van der Waals surface area contributed by atoms with Crippen molar-refractivity contribution in [1.82, 2.24) is 5.32 Å². The van der Waals surface area contributed by atoms with E-state index in [0.29, 0.717) is 25.1 Å². The van der Waals surface area contributed by atoms with Gasteiger partial charge in [0.2, 0.25) is 5.91 Å². The SMILES string of the molecule is CCOC(=O)CCCNCc1ccc(C(N)=O)cc1C. The smallest absolute Gasteiger partial charge is 0.305 e. The molecule has 0 saturated carbocycles. The Hall–Kier alpha value is -1.88. The number of hydrogen-bond donors (Lipinski definition) is 2. The van der Waals surface area contributed by atoms with Crippen molar-refractivity contribution in [3.8, 4) is 0 Å². The van der Waals surface area contributed by atoms with Crippen LogP contribution in [-0.2, 0) is 16.1 Å². The molecule has 1 rings (SSSR count). The van der Waals surface area contributed by atoms with E-state index in [1.165, 1.54) is 0 Å². The summed E-state index contributed by atoms with van der Waals surface area (Å²) in [5, 5.41) is 3.26. The van der Waals surface area contributed by atoms with Crippen molar-refractivity contribution in [3.05, 3.63) is 34.9 Å². The number of primary amides is 1. The van der Waals surface area contributed by atoms with E-state index in [-0.39, 0.29) is 5.97 Å². The van der Waals surface area contributed by atoms with Crippen molar-refractivity contribution in [2.75, 3.05) is 13.2 Å². The molecule has 110 valence electrons. The van der Waals surface area contributed by atoms with Gasteiger partial charge in [0.25, 0.3) is 0 Å². The van der Waals surface area contributed by atoms with Crippen molar-refractivity contribution >= 4 is 11.9 Å². The summed E-state index contributed by atoms with van der Waals surface area (Å²) in [7, 11) is 0. The molecular formula is C15H22N2O3. The van der Waals surface area contributed by atoms with Crippen LogP contribution in [0.1, 0.15) is 41.3 Å². The summed E-state index contributed by atoms with van der Waals surface area (Å²) >= 11 is 0. The highest BCUT2D eigenvalue weighted by molar-refractivity contribution is 5.93. The Bertz CT molecular complexity index is 472. The average molecular weight is 278 g/mol. The monoisotopic (exact) mass is 278 g/mol. The molecule has 0 atom stereocenters. The molecule has 0 heterocycles. The van der Waals surface area contributed by atoms with E-state index in [9.17, 15) is 9.59 Å². The second-order valence-corrected chi connectivity index (χ2v) is 4.59. The molecule has 0 aromatic heterocycles. The van der Waals surface area contributed by atoms with Crippen molar-refractivity contribution in [1.29, 1.82) is 0 Å². The molecule has 1 aromatic rings. The number of aryl methyl sites for hydroxylation is 1. The molecule has 0 saturated heterocycles. The van der Waals surface area contributed by atoms with Gasteiger partial charge in [-0.25, -0.2) is 0 Å². The first-order chi connectivity index (χ1) is 9.54. The van der Waals surface area contributed by atoms with Crippen LogP contribution < -0.4 is 11.1 Å². The zero-order valence-corrected chi connectivity index (χ0v) is 12.1. The van der Waals surface area contributed by atoms with Gasteiger partial charge in [0.1, 0.15) is 0 Å². The highest BCUT2D eigenvalue weighted by atomic mass is 16.5. The molecule has 0 aliphatic rings. The minimum absolute atomic E-state index is 0.156. The van der Waals surface area contributed by atoms with Crippen LogP contribution in [0.25, 0.3) is 0 Å². The Labute approximate surface area is 119 Å². The normalized spacial score (nSPS) is 10.3. The maximum atomic E-state index is 11.1. The van der Waals surface area contributed by atoms with Crippen LogP contribution in [-0.4, -0.2) is 25.0 Å². The minimum atomic E-state index is -0.415. The van der Waals surface area contributed by atoms with Gasteiger partial charge < -0.3 is 15.8 Å². The Kier molecular flexibility index (Phi) is 6.73. The zero-order chi connectivity index (χ0) is 15.0. The van der Waals surface area contributed by atoms with Gasteiger partial charge in [0.05, 0.1) is 6.61 Å². The summed E-state index contributed by atoms with van der Waals surface area (Å²) in [5.41, 5.74) is 7.89. The lowest BCUT2D eigenvalue weighted by molar-refractivity contribution is -0.143. The third-order valence-corrected chi connectivity index (χ3v) is 2.98. The largest absolute Gasteiger partial charge is 0.466 e. The summed E-state index contributed by atoms with van der Waals surface area (Å²) in [4.78, 5) is 22.2. The molecule has 0 radical (unpaired) electrons. The lowest BCUT2D eigenvalue weighted by Crippen LogP contribution is -2.17. The average Bonchev–Trinajstić information content (AvgIpc) is 2.40. The first-order valence-corrected chi connectivity index (χ1v) is 6.80. The van der Waals surface area contributed by atoms with Gasteiger partial charge in [-0.1, -0.05) is 6.07 Å². The maximum Gasteiger partial charge on any atom is 0.305 e. The fraction of sp³-hybridized carbons (Fsp3) is 0.467. The molecule has 0 bridgehead atoms. The Morgan fingerprint density at radius 1 is 1.35 bits per heavy atom. The van der Waals surface area contributed by atoms with Gasteiger partial charge in [-0.3, -0.25) is 9.59 Å². The van der Waals surface area contributed by atoms with Gasteiger partial charge in [0, 0.05) is 18.5 Å². The molecule has 1 aromatic carbocycles. The number of nitrogens with one attached hydrogen (secondary N) is 1. The van der Waals surface area contributed by atoms with Gasteiger partial charge in [-0.15, -0.1) is 0 Å². The van der Waals surface area contributed by atoms with Crippen molar-refractivity contribution in [2.45, 2.75) is 33.2 Å². The lowest BCUT2D eigenvalue weighted by Gasteiger charge is -2.09. The van der Waals surface area contributed by atoms with E-state index in [1.54, 1.807) is 19.1 Å². The van der Waals surface area contributed by atoms with Crippen LogP contribution >= 0.6 is 0 Å². The first-order valence-electron chi connectivity index (χ1n) is 6.80. The van der Waals surface area contributed by atoms with Crippen LogP contribution in [0.5, 0.6) is 0 Å². The second-order valence-electron chi connectivity index (χ2n) is 4.59. The summed E-state index contributed by atoms with van der Waals surface area (Å²) in [6, 6.07) is 5.41. The Morgan fingerprint density at radius 3 is 2.70 bits per heavy atom. The van der Waals surface area contributed by atoms with Crippen LogP contribution in [0.15, 0.2) is 18.2 Å². The number of carbonyl (C=O) groups excluding carboxylic acids is 2. The van der Waals surface area contributed by atoms with Gasteiger partial charge >= 0.3 is 5.97 Å². The van der Waals surface area contributed by atoms with Crippen LogP contribution in [0, 0.1) is 6.92 Å². The number of hydrogen-bond acceptors (Lipinski definition) is 4. The highest BCUT2D eigenvalue weighted by Gasteiger charge is 2.04. The van der Waals surface area contributed by atoms with Gasteiger partial charge in [0.15, 0.2) is 0 Å². The van der Waals surface area contributed by atoms with Crippen LogP contribution in [0.2, 0.25) is 0 Å². The number of carbonyl (C=O) groups is 2. The molecule has 0 aliphatic carbocycles. The second kappa shape index (κ2) is 8.32. The molecule has 0 unspecified atom stereocenters. The van der Waals surface area contributed by atoms with E-state index >= 15 is 0 Å². The summed E-state index contributed by atoms with van der Waals surface area (Å²) < 4.78 is 4.85. The predicted octanol–water partition coefficient (Wildman–Crippen LogP) is 1.53. The maximum absolute atomic E-state index is 11.1. The molecule has 20 heavy (non-hydrogen) atoms. The van der Waals surface area contributed by atoms with Crippen LogP contribution in [0.4, 0.5) is 0 Å².